The van der Waals surface area contributed by atoms with Crippen LogP contribution in [0.2, 0.25) is 0 Å². The van der Waals surface area contributed by atoms with Crippen molar-refractivity contribution < 1.29 is 9.09 Å². The molecule has 9 heavy (non-hydrogen) atoms. The number of hydrogen-bond acceptors (Lipinski definition) is 2. The Morgan fingerprint density at radius 3 is 2.56 bits per heavy atom. The lowest BCUT2D eigenvalue weighted by molar-refractivity contribution is 0.321. The second-order valence-electron chi connectivity index (χ2n) is 1.56. The van der Waals surface area contributed by atoms with E-state index in [1.807, 2.05) is 0 Å². The fraction of sp³-hybridized carbons (Fsp3) is 0.500. The highest BCUT2D eigenvalue weighted by atomic mass is 31.2. The van der Waals surface area contributed by atoms with E-state index in [0.29, 0.717) is 6.42 Å². The van der Waals surface area contributed by atoms with E-state index in [0.717, 1.165) is 0 Å². The zero-order chi connectivity index (χ0) is 7.33. The summed E-state index contributed by atoms with van der Waals surface area (Å²) in [4.78, 5) is 0. The molecule has 54 valence electrons. The molecule has 0 aromatic rings. The third-order valence-electron chi connectivity index (χ3n) is 0.615. The van der Waals surface area contributed by atoms with E-state index < -0.39 is 7.67 Å². The van der Waals surface area contributed by atoms with Crippen LogP contribution < -0.4 is 11.0 Å². The predicted octanol–water partition coefficient (Wildman–Crippen LogP) is 0.605. The molecule has 0 saturated heterocycles. The van der Waals surface area contributed by atoms with Crippen molar-refractivity contribution in [2.75, 3.05) is 6.61 Å². The third-order valence-corrected chi connectivity index (χ3v) is 1.20. The minimum Gasteiger partial charge on any atom is -0.306 e. The fourth-order valence-corrected chi connectivity index (χ4v) is 0.669. The molecule has 0 fully saturated rings. The molecule has 0 bridgehead atoms. The lowest BCUT2D eigenvalue weighted by atomic mass is 10.5. The first-order valence-electron chi connectivity index (χ1n) is 2.49. The summed E-state index contributed by atoms with van der Waals surface area (Å²) in [5, 5.41) is 0. The van der Waals surface area contributed by atoms with Crippen LogP contribution in [-0.4, -0.2) is 6.61 Å². The average Bonchev–Trinajstić information content (AvgIpc) is 1.63. The second-order valence-corrected chi connectivity index (χ2v) is 3.10. The first kappa shape index (κ1) is 8.85. The maximum absolute atomic E-state index is 10.4. The largest absolute Gasteiger partial charge is 0.335 e. The molecular weight excluding hydrogens is 139 g/mol. The van der Waals surface area contributed by atoms with Gasteiger partial charge in [-0.1, -0.05) is 6.08 Å². The van der Waals surface area contributed by atoms with E-state index >= 15 is 0 Å². The summed E-state index contributed by atoms with van der Waals surface area (Å²) in [5.74, 6) is 0. The maximum Gasteiger partial charge on any atom is 0.335 e. The molecule has 0 aliphatic carbocycles. The van der Waals surface area contributed by atoms with Gasteiger partial charge in [0.1, 0.15) is 0 Å². The van der Waals surface area contributed by atoms with Gasteiger partial charge in [0.2, 0.25) is 0 Å². The van der Waals surface area contributed by atoms with Crippen LogP contribution in [0, 0.1) is 0 Å². The van der Waals surface area contributed by atoms with Crippen LogP contribution in [0.5, 0.6) is 0 Å². The lowest BCUT2D eigenvalue weighted by Crippen LogP contribution is -2.08. The maximum atomic E-state index is 10.4. The topological polar surface area (TPSA) is 78.3 Å². The van der Waals surface area contributed by atoms with Gasteiger partial charge >= 0.3 is 7.67 Å². The summed E-state index contributed by atoms with van der Waals surface area (Å²) in [5.41, 5.74) is 9.71. The van der Waals surface area contributed by atoms with E-state index in [1.54, 1.807) is 6.08 Å². The molecule has 0 aromatic carbocycles. The summed E-state index contributed by atoms with van der Waals surface area (Å²) in [6.07, 6.45) is 2.24. The smallest absolute Gasteiger partial charge is 0.306 e. The van der Waals surface area contributed by atoms with Crippen molar-refractivity contribution in [3.8, 4) is 0 Å². The number of nitrogens with two attached hydrogens (primary N) is 2. The van der Waals surface area contributed by atoms with Crippen LogP contribution >= 0.6 is 7.67 Å². The van der Waals surface area contributed by atoms with Gasteiger partial charge in [0.05, 0.1) is 6.61 Å². The van der Waals surface area contributed by atoms with Crippen LogP contribution in [0.15, 0.2) is 12.7 Å². The standard InChI is InChI=1S/C4H11N2O2P/c1-2-3-4-8-9(5,6)7/h2H,1,3-4H2,(H4,5,6,7). The van der Waals surface area contributed by atoms with Crippen molar-refractivity contribution >= 4 is 7.67 Å². The molecule has 0 aromatic heterocycles. The Bertz CT molecular complexity index is 131. The third kappa shape index (κ3) is 7.85. The van der Waals surface area contributed by atoms with Crippen LogP contribution in [0.4, 0.5) is 0 Å². The van der Waals surface area contributed by atoms with Crippen LogP contribution in [0.3, 0.4) is 0 Å². The molecule has 0 amide bonds. The zero-order valence-electron chi connectivity index (χ0n) is 5.12. The first-order valence-corrected chi connectivity index (χ1v) is 4.25. The zero-order valence-corrected chi connectivity index (χ0v) is 6.01. The monoisotopic (exact) mass is 150 g/mol. The average molecular weight is 150 g/mol. The van der Waals surface area contributed by atoms with Crippen LogP contribution in [0.1, 0.15) is 6.42 Å². The molecular formula is C4H11N2O2P. The Morgan fingerprint density at radius 1 is 1.67 bits per heavy atom. The van der Waals surface area contributed by atoms with Crippen LogP contribution in [-0.2, 0) is 9.09 Å². The van der Waals surface area contributed by atoms with Gasteiger partial charge in [0.15, 0.2) is 0 Å². The molecule has 0 unspecified atom stereocenters. The molecule has 4 nitrogen and oxygen atoms in total. The van der Waals surface area contributed by atoms with Crippen molar-refractivity contribution in [3.05, 3.63) is 12.7 Å². The predicted molar refractivity (Wildman–Crippen MR) is 36.7 cm³/mol. The molecule has 0 rings (SSSR count). The first-order chi connectivity index (χ1) is 4.06. The van der Waals surface area contributed by atoms with Crippen molar-refractivity contribution in [3.63, 3.8) is 0 Å². The minimum absolute atomic E-state index is 0.272. The van der Waals surface area contributed by atoms with Gasteiger partial charge in [-0.25, -0.2) is 11.0 Å². The summed E-state index contributed by atoms with van der Waals surface area (Å²) in [6, 6.07) is 0. The summed E-state index contributed by atoms with van der Waals surface area (Å²) in [7, 11) is -3.24. The number of rotatable bonds is 4. The van der Waals surface area contributed by atoms with Gasteiger partial charge in [-0.3, -0.25) is 4.57 Å². The molecule has 0 aliphatic heterocycles. The van der Waals surface area contributed by atoms with Crippen molar-refractivity contribution in [1.29, 1.82) is 0 Å². The summed E-state index contributed by atoms with van der Waals surface area (Å²) < 4.78 is 14.9. The molecule has 0 spiro atoms. The molecule has 5 heteroatoms. The van der Waals surface area contributed by atoms with Gasteiger partial charge < -0.3 is 4.52 Å². The van der Waals surface area contributed by atoms with Gasteiger partial charge in [-0.2, -0.15) is 0 Å². The minimum atomic E-state index is -3.24. The highest BCUT2D eigenvalue weighted by Crippen LogP contribution is 2.25. The number of hydrogen-bond donors (Lipinski definition) is 2. The Kier molecular flexibility index (Phi) is 3.73. The van der Waals surface area contributed by atoms with Gasteiger partial charge in [-0.15, -0.1) is 6.58 Å². The van der Waals surface area contributed by atoms with Gasteiger partial charge in [-0.05, 0) is 6.42 Å². The second kappa shape index (κ2) is 3.80. The van der Waals surface area contributed by atoms with E-state index in [1.165, 1.54) is 0 Å². The highest BCUT2D eigenvalue weighted by Gasteiger charge is 2.05. The molecule has 0 saturated carbocycles. The molecule has 0 aliphatic rings. The van der Waals surface area contributed by atoms with E-state index in [2.05, 4.69) is 11.1 Å². The fourth-order valence-electron chi connectivity index (χ4n) is 0.279. The molecule has 4 N–H and O–H groups in total. The lowest BCUT2D eigenvalue weighted by Gasteiger charge is -2.04. The Hall–Kier alpha value is -0.150. The Labute approximate surface area is 54.4 Å². The molecule has 0 radical (unpaired) electrons. The van der Waals surface area contributed by atoms with Crippen LogP contribution in [0.25, 0.3) is 0 Å². The SMILES string of the molecule is C=CCCOP(N)(N)=O. The van der Waals surface area contributed by atoms with E-state index in [9.17, 15) is 4.57 Å². The highest BCUT2D eigenvalue weighted by molar-refractivity contribution is 7.53. The Morgan fingerprint density at radius 2 is 2.22 bits per heavy atom. The molecule has 0 heterocycles. The molecule has 0 atom stereocenters. The summed E-state index contributed by atoms with van der Waals surface area (Å²) in [6.45, 7) is 3.70. The normalized spacial score (nSPS) is 11.3. The summed E-state index contributed by atoms with van der Waals surface area (Å²) >= 11 is 0. The quantitative estimate of drug-likeness (QED) is 0.349. The van der Waals surface area contributed by atoms with Gasteiger partial charge in [0, 0.05) is 0 Å². The van der Waals surface area contributed by atoms with E-state index in [4.69, 9.17) is 11.0 Å². The van der Waals surface area contributed by atoms with Gasteiger partial charge in [0.25, 0.3) is 0 Å². The van der Waals surface area contributed by atoms with Crippen molar-refractivity contribution in [2.24, 2.45) is 11.0 Å². The van der Waals surface area contributed by atoms with Crippen molar-refractivity contribution in [2.45, 2.75) is 6.42 Å². The van der Waals surface area contributed by atoms with E-state index in [-0.39, 0.29) is 6.61 Å². The van der Waals surface area contributed by atoms with Crippen molar-refractivity contribution in [1.82, 2.24) is 0 Å². The Balaban J connectivity index is 3.28.